The molecule has 6 amide bonds. The zero-order valence-electron chi connectivity index (χ0n) is 25.7. The second-order valence-corrected chi connectivity index (χ2v) is 12.0. The molecule has 12 heteroatoms. The summed E-state index contributed by atoms with van der Waals surface area (Å²) < 4.78 is 10.2. The molecule has 4 atom stereocenters. The lowest BCUT2D eigenvalue weighted by molar-refractivity contribution is -0.134. The lowest BCUT2D eigenvalue weighted by atomic mass is 9.99. The minimum Gasteiger partial charge on any atom is -0.447 e. The van der Waals surface area contributed by atoms with Gasteiger partial charge in [0.05, 0.1) is 23.9 Å². The molecule has 4 aliphatic rings. The standard InChI is InChI=1S/2C17H20N2O4/c2*20-15-8-4-7-13(10-18-15)16(21)19-14(11-23-17(19)22)9-12-5-2-1-3-6-12/h2*1-3,5-6,13-14H,4,7-11H2,(H,18,20)/t13-,14?;13-,14+/m10/s1. The Morgan fingerprint density at radius 1 is 0.630 bits per heavy atom. The molecule has 1 unspecified atom stereocenters. The number of carbonyl (C=O) groups is 6. The van der Waals surface area contributed by atoms with Crippen LogP contribution >= 0.6 is 0 Å². The third-order valence-electron chi connectivity index (χ3n) is 8.73. The zero-order valence-corrected chi connectivity index (χ0v) is 25.7. The molecular weight excluding hydrogens is 592 g/mol. The summed E-state index contributed by atoms with van der Waals surface area (Å²) in [6.45, 7) is 1.02. The van der Waals surface area contributed by atoms with Crippen LogP contribution < -0.4 is 10.6 Å². The predicted octanol–water partition coefficient (Wildman–Crippen LogP) is 2.99. The Morgan fingerprint density at radius 2 is 1.02 bits per heavy atom. The van der Waals surface area contributed by atoms with Crippen molar-refractivity contribution in [1.29, 1.82) is 0 Å². The number of rotatable bonds is 6. The first-order valence-electron chi connectivity index (χ1n) is 15.9. The van der Waals surface area contributed by atoms with Crippen molar-refractivity contribution < 1.29 is 38.2 Å². The molecule has 0 radical (unpaired) electrons. The van der Waals surface area contributed by atoms with E-state index in [1.165, 1.54) is 9.80 Å². The van der Waals surface area contributed by atoms with Crippen LogP contribution in [0.1, 0.15) is 49.7 Å². The largest absolute Gasteiger partial charge is 0.447 e. The van der Waals surface area contributed by atoms with E-state index in [-0.39, 0.29) is 60.8 Å². The van der Waals surface area contributed by atoms with Crippen LogP contribution in [-0.4, -0.2) is 84.0 Å². The minimum atomic E-state index is -0.577. The van der Waals surface area contributed by atoms with Gasteiger partial charge in [0.25, 0.3) is 0 Å². The Kier molecular flexibility index (Phi) is 11.0. The summed E-state index contributed by atoms with van der Waals surface area (Å²) in [4.78, 5) is 74.8. The Labute approximate surface area is 267 Å². The number of hydrogen-bond acceptors (Lipinski definition) is 8. The monoisotopic (exact) mass is 632 g/mol. The van der Waals surface area contributed by atoms with E-state index >= 15 is 0 Å². The maximum absolute atomic E-state index is 12.7. The quantitative estimate of drug-likeness (QED) is 0.493. The highest BCUT2D eigenvalue weighted by Gasteiger charge is 2.42. The summed E-state index contributed by atoms with van der Waals surface area (Å²) in [5.41, 5.74) is 2.12. The fourth-order valence-corrected chi connectivity index (χ4v) is 6.22. The molecule has 0 aromatic heterocycles. The van der Waals surface area contributed by atoms with Crippen LogP contribution in [0.4, 0.5) is 9.59 Å². The molecule has 4 heterocycles. The summed E-state index contributed by atoms with van der Waals surface area (Å²) in [5, 5.41) is 5.48. The average Bonchev–Trinajstić information content (AvgIpc) is 3.40. The maximum Gasteiger partial charge on any atom is 0.416 e. The van der Waals surface area contributed by atoms with E-state index in [1.54, 1.807) is 0 Å². The first-order chi connectivity index (χ1) is 22.3. The van der Waals surface area contributed by atoms with E-state index in [0.29, 0.717) is 64.5 Å². The molecule has 4 saturated heterocycles. The van der Waals surface area contributed by atoms with Crippen molar-refractivity contribution >= 4 is 35.8 Å². The lowest BCUT2D eigenvalue weighted by Crippen LogP contribution is -2.45. The van der Waals surface area contributed by atoms with Crippen LogP contribution in [0, 0.1) is 11.8 Å². The molecule has 12 nitrogen and oxygen atoms in total. The second kappa shape index (κ2) is 15.5. The van der Waals surface area contributed by atoms with Gasteiger partial charge in [-0.3, -0.25) is 19.2 Å². The van der Waals surface area contributed by atoms with Gasteiger partial charge in [0, 0.05) is 25.9 Å². The molecule has 0 spiro atoms. The summed E-state index contributed by atoms with van der Waals surface area (Å²) in [6, 6.07) is 18.9. The smallest absolute Gasteiger partial charge is 0.416 e. The maximum atomic E-state index is 12.7. The van der Waals surface area contributed by atoms with Crippen molar-refractivity contribution in [3.8, 4) is 0 Å². The highest BCUT2D eigenvalue weighted by molar-refractivity contribution is 5.96. The van der Waals surface area contributed by atoms with Crippen LogP contribution in [0.2, 0.25) is 0 Å². The van der Waals surface area contributed by atoms with Gasteiger partial charge in [-0.1, -0.05) is 60.7 Å². The van der Waals surface area contributed by atoms with Gasteiger partial charge in [0.2, 0.25) is 23.6 Å². The number of hydrogen-bond donors (Lipinski definition) is 2. The van der Waals surface area contributed by atoms with Crippen LogP contribution in [-0.2, 0) is 41.5 Å². The van der Waals surface area contributed by atoms with Crippen molar-refractivity contribution in [2.45, 2.75) is 63.5 Å². The topological polar surface area (TPSA) is 151 Å². The average molecular weight is 633 g/mol. The molecule has 0 saturated carbocycles. The summed E-state index contributed by atoms with van der Waals surface area (Å²) >= 11 is 0. The van der Waals surface area contributed by atoms with Crippen LogP contribution in [0.15, 0.2) is 60.7 Å². The normalized spacial score (nSPS) is 24.8. The molecule has 4 fully saturated rings. The molecule has 46 heavy (non-hydrogen) atoms. The molecule has 0 bridgehead atoms. The Bertz CT molecular complexity index is 1310. The van der Waals surface area contributed by atoms with Crippen molar-refractivity contribution in [2.75, 3.05) is 26.3 Å². The van der Waals surface area contributed by atoms with E-state index < -0.39 is 12.2 Å². The summed E-state index contributed by atoms with van der Waals surface area (Å²) in [6.07, 6.45) is 3.41. The fraction of sp³-hybridized carbons (Fsp3) is 0.471. The van der Waals surface area contributed by atoms with E-state index in [0.717, 1.165) is 11.1 Å². The van der Waals surface area contributed by atoms with Crippen molar-refractivity contribution in [2.24, 2.45) is 11.8 Å². The summed E-state index contributed by atoms with van der Waals surface area (Å²) in [5.74, 6) is -1.27. The van der Waals surface area contributed by atoms with E-state index in [9.17, 15) is 28.8 Å². The number of benzene rings is 2. The number of nitrogens with zero attached hydrogens (tertiary/aromatic N) is 2. The molecule has 244 valence electrons. The lowest BCUT2D eigenvalue weighted by Gasteiger charge is -2.24. The van der Waals surface area contributed by atoms with Crippen LogP contribution in [0.25, 0.3) is 0 Å². The van der Waals surface area contributed by atoms with Gasteiger partial charge in [-0.25, -0.2) is 19.4 Å². The van der Waals surface area contributed by atoms with Gasteiger partial charge in [-0.15, -0.1) is 0 Å². The molecule has 0 aliphatic carbocycles. The number of amides is 6. The number of nitrogens with one attached hydrogen (secondary N) is 2. The Hall–Kier alpha value is -4.74. The van der Waals surface area contributed by atoms with E-state index in [4.69, 9.17) is 9.47 Å². The van der Waals surface area contributed by atoms with Gasteiger partial charge in [-0.05, 0) is 49.7 Å². The fourth-order valence-electron chi connectivity index (χ4n) is 6.22. The number of imide groups is 2. The molecule has 6 rings (SSSR count). The first-order valence-corrected chi connectivity index (χ1v) is 15.9. The minimum absolute atomic E-state index is 0.0369. The third kappa shape index (κ3) is 8.29. The van der Waals surface area contributed by atoms with Gasteiger partial charge in [0.15, 0.2) is 0 Å². The number of ether oxygens (including phenoxy) is 2. The van der Waals surface area contributed by atoms with Gasteiger partial charge in [0.1, 0.15) is 13.2 Å². The molecule has 2 aromatic rings. The predicted molar refractivity (Wildman–Crippen MR) is 165 cm³/mol. The second-order valence-electron chi connectivity index (χ2n) is 12.0. The number of cyclic esters (lactones) is 2. The van der Waals surface area contributed by atoms with Crippen molar-refractivity contribution in [3.63, 3.8) is 0 Å². The van der Waals surface area contributed by atoms with Crippen LogP contribution in [0.5, 0.6) is 0 Å². The molecule has 4 aliphatic heterocycles. The highest BCUT2D eigenvalue weighted by atomic mass is 16.6. The highest BCUT2D eigenvalue weighted by Crippen LogP contribution is 2.24. The Balaban J connectivity index is 0.000000181. The van der Waals surface area contributed by atoms with Gasteiger partial charge in [-0.2, -0.15) is 0 Å². The molecule has 2 N–H and O–H groups in total. The summed E-state index contributed by atoms with van der Waals surface area (Å²) in [7, 11) is 0. The number of carbonyl (C=O) groups excluding carboxylic acids is 6. The molecule has 2 aromatic carbocycles. The molecular formula is C34H40N4O8. The van der Waals surface area contributed by atoms with Gasteiger partial charge < -0.3 is 20.1 Å². The van der Waals surface area contributed by atoms with Crippen LogP contribution in [0.3, 0.4) is 0 Å². The van der Waals surface area contributed by atoms with Crippen molar-refractivity contribution in [1.82, 2.24) is 20.4 Å². The van der Waals surface area contributed by atoms with E-state index in [1.807, 2.05) is 60.7 Å². The Morgan fingerprint density at radius 3 is 1.41 bits per heavy atom. The van der Waals surface area contributed by atoms with E-state index in [2.05, 4.69) is 10.6 Å². The first kappa shape index (κ1) is 32.6. The van der Waals surface area contributed by atoms with Gasteiger partial charge >= 0.3 is 12.2 Å². The van der Waals surface area contributed by atoms with Crippen molar-refractivity contribution in [3.05, 3.63) is 71.8 Å². The third-order valence-corrected chi connectivity index (χ3v) is 8.73. The zero-order chi connectivity index (χ0) is 32.5. The SMILES string of the molecule is O=C1CCC[C@@H](C(=O)N2C(=O)OCC2Cc2ccccc2)CN1.O=C1CCC[C@H](C(=O)N2C(=O)OC[C@H]2Cc2ccccc2)CN1.